The van der Waals surface area contributed by atoms with Gasteiger partial charge in [-0.25, -0.2) is 4.39 Å². The maximum Gasteiger partial charge on any atom is 0.260 e. The zero-order chi connectivity index (χ0) is 12.4. The summed E-state index contributed by atoms with van der Waals surface area (Å²) in [7, 11) is 0. The Balaban J connectivity index is 1.87. The van der Waals surface area contributed by atoms with Crippen LogP contribution in [0, 0.1) is 5.82 Å². The number of hydrogen-bond donors (Lipinski definition) is 1. The third-order valence-electron chi connectivity index (χ3n) is 3.17. The van der Waals surface area contributed by atoms with E-state index in [4.69, 9.17) is 4.52 Å². The third kappa shape index (κ3) is 2.13. The van der Waals surface area contributed by atoms with E-state index in [-0.39, 0.29) is 17.7 Å². The van der Waals surface area contributed by atoms with E-state index < -0.39 is 0 Å². The maximum absolute atomic E-state index is 13.6. The molecule has 0 amide bonds. The topological polar surface area (TPSA) is 51.0 Å². The molecule has 3 rings (SSSR count). The average molecular weight is 247 g/mol. The van der Waals surface area contributed by atoms with Gasteiger partial charge in [-0.1, -0.05) is 23.7 Å². The van der Waals surface area contributed by atoms with Crippen molar-refractivity contribution in [2.24, 2.45) is 0 Å². The summed E-state index contributed by atoms with van der Waals surface area (Å²) in [5.74, 6) is 0.521. The summed E-state index contributed by atoms with van der Waals surface area (Å²) >= 11 is 0. The zero-order valence-corrected chi connectivity index (χ0v) is 9.90. The van der Waals surface area contributed by atoms with E-state index in [2.05, 4.69) is 15.5 Å². The summed E-state index contributed by atoms with van der Waals surface area (Å²) in [5.41, 5.74) is 0.354. The van der Waals surface area contributed by atoms with Crippen molar-refractivity contribution in [3.8, 4) is 11.5 Å². The lowest BCUT2D eigenvalue weighted by atomic mass is 10.0. The van der Waals surface area contributed by atoms with Gasteiger partial charge in [0, 0.05) is 0 Å². The van der Waals surface area contributed by atoms with E-state index in [0.717, 1.165) is 19.4 Å². The van der Waals surface area contributed by atoms with E-state index in [1.54, 1.807) is 18.2 Å². The fourth-order valence-corrected chi connectivity index (χ4v) is 2.19. The Labute approximate surface area is 104 Å². The highest BCUT2D eigenvalue weighted by Crippen LogP contribution is 2.25. The van der Waals surface area contributed by atoms with E-state index in [0.29, 0.717) is 11.4 Å². The van der Waals surface area contributed by atoms with Gasteiger partial charge in [0.25, 0.3) is 5.89 Å². The van der Waals surface area contributed by atoms with Crippen LogP contribution in [-0.2, 0) is 0 Å². The monoisotopic (exact) mass is 247 g/mol. The molecule has 1 atom stereocenters. The molecule has 2 aromatic rings. The fourth-order valence-electron chi connectivity index (χ4n) is 2.19. The van der Waals surface area contributed by atoms with Crippen LogP contribution in [0.4, 0.5) is 4.39 Å². The number of halogens is 1. The molecule has 0 spiro atoms. The van der Waals surface area contributed by atoms with Crippen molar-refractivity contribution in [1.29, 1.82) is 0 Å². The number of nitrogens with zero attached hydrogens (tertiary/aromatic N) is 2. The van der Waals surface area contributed by atoms with Gasteiger partial charge < -0.3 is 9.84 Å². The molecule has 18 heavy (non-hydrogen) atoms. The molecule has 0 saturated carbocycles. The molecule has 1 aromatic carbocycles. The van der Waals surface area contributed by atoms with E-state index in [1.165, 1.54) is 12.5 Å². The molecule has 1 saturated heterocycles. The van der Waals surface area contributed by atoms with E-state index in [1.807, 2.05) is 0 Å². The Bertz CT molecular complexity index is 535. The van der Waals surface area contributed by atoms with Crippen molar-refractivity contribution < 1.29 is 8.91 Å². The summed E-state index contributed by atoms with van der Waals surface area (Å²) in [4.78, 5) is 4.28. The lowest BCUT2D eigenvalue weighted by Gasteiger charge is -2.19. The van der Waals surface area contributed by atoms with Crippen molar-refractivity contribution in [2.75, 3.05) is 6.54 Å². The molecule has 0 aliphatic carbocycles. The minimum absolute atomic E-state index is 0.128. The Hall–Kier alpha value is -1.75. The summed E-state index contributed by atoms with van der Waals surface area (Å²) < 4.78 is 18.7. The Kier molecular flexibility index (Phi) is 3.06. The maximum atomic E-state index is 13.6. The quantitative estimate of drug-likeness (QED) is 0.886. The highest BCUT2D eigenvalue weighted by molar-refractivity contribution is 5.53. The zero-order valence-electron chi connectivity index (χ0n) is 9.90. The molecule has 1 N–H and O–H groups in total. The number of hydrogen-bond acceptors (Lipinski definition) is 4. The standard InChI is InChI=1S/C13H14FN3O/c14-10-6-2-1-5-9(10)13-16-12(17-18-13)11-7-3-4-8-15-11/h1-2,5-6,11,15H,3-4,7-8H2. The van der Waals surface area contributed by atoms with Crippen molar-refractivity contribution in [1.82, 2.24) is 15.5 Å². The molecular formula is C13H14FN3O. The lowest BCUT2D eigenvalue weighted by molar-refractivity contribution is 0.366. The SMILES string of the molecule is Fc1ccccc1-c1nc(C2CCCCN2)no1. The van der Waals surface area contributed by atoms with Crippen molar-refractivity contribution in [3.05, 3.63) is 35.9 Å². The van der Waals surface area contributed by atoms with Gasteiger partial charge in [-0.15, -0.1) is 0 Å². The molecule has 1 aliphatic heterocycles. The van der Waals surface area contributed by atoms with E-state index >= 15 is 0 Å². The van der Waals surface area contributed by atoms with Crippen molar-refractivity contribution >= 4 is 0 Å². The van der Waals surface area contributed by atoms with Crippen molar-refractivity contribution in [2.45, 2.75) is 25.3 Å². The van der Waals surface area contributed by atoms with Crippen LogP contribution in [0.15, 0.2) is 28.8 Å². The first-order valence-electron chi connectivity index (χ1n) is 6.16. The second-order valence-corrected chi connectivity index (χ2v) is 4.44. The van der Waals surface area contributed by atoms with Gasteiger partial charge in [0.1, 0.15) is 5.82 Å². The van der Waals surface area contributed by atoms with E-state index in [9.17, 15) is 4.39 Å². The molecule has 94 valence electrons. The predicted octanol–water partition coefficient (Wildman–Crippen LogP) is 2.69. The van der Waals surface area contributed by atoms with Crippen LogP contribution in [0.25, 0.3) is 11.5 Å². The van der Waals surface area contributed by atoms with Gasteiger partial charge >= 0.3 is 0 Å². The number of benzene rings is 1. The molecule has 4 nitrogen and oxygen atoms in total. The average Bonchev–Trinajstić information content (AvgIpc) is 2.90. The summed E-state index contributed by atoms with van der Waals surface area (Å²) in [6.07, 6.45) is 3.33. The first-order chi connectivity index (χ1) is 8.84. The molecular weight excluding hydrogens is 233 g/mol. The van der Waals surface area contributed by atoms with Crippen LogP contribution in [0.3, 0.4) is 0 Å². The Morgan fingerprint density at radius 1 is 1.28 bits per heavy atom. The normalized spacial score (nSPS) is 19.9. The second kappa shape index (κ2) is 4.86. The largest absolute Gasteiger partial charge is 0.334 e. The van der Waals surface area contributed by atoms with Gasteiger partial charge in [0.05, 0.1) is 11.6 Å². The first-order valence-corrected chi connectivity index (χ1v) is 6.16. The van der Waals surface area contributed by atoms with Crippen molar-refractivity contribution in [3.63, 3.8) is 0 Å². The molecule has 1 unspecified atom stereocenters. The number of rotatable bonds is 2. The number of nitrogens with one attached hydrogen (secondary N) is 1. The van der Waals surface area contributed by atoms with Crippen LogP contribution in [-0.4, -0.2) is 16.7 Å². The Morgan fingerprint density at radius 3 is 2.94 bits per heavy atom. The predicted molar refractivity (Wildman–Crippen MR) is 64.3 cm³/mol. The summed E-state index contributed by atoms with van der Waals surface area (Å²) in [6.45, 7) is 0.967. The van der Waals surface area contributed by atoms with Gasteiger partial charge in [-0.05, 0) is 31.5 Å². The van der Waals surface area contributed by atoms with Gasteiger partial charge in [0.2, 0.25) is 0 Å². The third-order valence-corrected chi connectivity index (χ3v) is 3.17. The van der Waals surface area contributed by atoms with Crippen LogP contribution >= 0.6 is 0 Å². The molecule has 5 heteroatoms. The fraction of sp³-hybridized carbons (Fsp3) is 0.385. The Morgan fingerprint density at radius 2 is 2.17 bits per heavy atom. The van der Waals surface area contributed by atoms with Gasteiger partial charge in [-0.2, -0.15) is 4.98 Å². The molecule has 1 fully saturated rings. The molecule has 1 aromatic heterocycles. The first kappa shape index (κ1) is 11.3. The smallest absolute Gasteiger partial charge is 0.260 e. The van der Waals surface area contributed by atoms with Crippen LogP contribution in [0.1, 0.15) is 31.1 Å². The highest BCUT2D eigenvalue weighted by atomic mass is 19.1. The molecule has 0 bridgehead atoms. The number of aromatic nitrogens is 2. The van der Waals surface area contributed by atoms with Gasteiger partial charge in [0.15, 0.2) is 5.82 Å². The minimum Gasteiger partial charge on any atom is -0.334 e. The second-order valence-electron chi connectivity index (χ2n) is 4.44. The van der Waals surface area contributed by atoms with Crippen LogP contribution in [0.2, 0.25) is 0 Å². The molecule has 2 heterocycles. The molecule has 1 aliphatic rings. The highest BCUT2D eigenvalue weighted by Gasteiger charge is 2.21. The van der Waals surface area contributed by atoms with Crippen LogP contribution in [0.5, 0.6) is 0 Å². The minimum atomic E-state index is -0.343. The van der Waals surface area contributed by atoms with Crippen LogP contribution < -0.4 is 5.32 Å². The summed E-state index contributed by atoms with van der Waals surface area (Å²) in [6, 6.07) is 6.54. The van der Waals surface area contributed by atoms with Gasteiger partial charge in [-0.3, -0.25) is 0 Å². The summed E-state index contributed by atoms with van der Waals surface area (Å²) in [5, 5.41) is 7.28. The molecule has 0 radical (unpaired) electrons. The number of piperidine rings is 1. The lowest BCUT2D eigenvalue weighted by Crippen LogP contribution is -2.27.